The van der Waals surface area contributed by atoms with E-state index in [0.717, 1.165) is 45.3 Å². The minimum Gasteiger partial charge on any atom is -0.444 e. The quantitative estimate of drug-likeness (QED) is 0.147. The number of halogens is 1. The van der Waals surface area contributed by atoms with E-state index in [1.165, 1.54) is 12.8 Å². The number of nitrogen functional groups attached to an aromatic ring is 1. The van der Waals surface area contributed by atoms with Crippen LogP contribution in [0.2, 0.25) is 0 Å². The Balaban J connectivity index is 0.000000172. The number of carbonyl (C=O) groups excluding carboxylic acids is 2. The Morgan fingerprint density at radius 3 is 2.33 bits per heavy atom. The van der Waals surface area contributed by atoms with Crippen molar-refractivity contribution < 1.29 is 14.3 Å². The number of amides is 2. The van der Waals surface area contributed by atoms with Crippen LogP contribution in [0, 0.1) is 11.8 Å². The maximum Gasteiger partial charge on any atom is 0.408 e. The number of alkyl carbamates (subject to hydrolysis) is 1. The zero-order valence-electron chi connectivity index (χ0n) is 24.6. The molecule has 0 aliphatic heterocycles. The summed E-state index contributed by atoms with van der Waals surface area (Å²) >= 11 is 3.32. The van der Waals surface area contributed by atoms with Gasteiger partial charge >= 0.3 is 6.09 Å². The number of pyridine rings is 1. The Morgan fingerprint density at radius 2 is 1.70 bits per heavy atom. The van der Waals surface area contributed by atoms with Crippen molar-refractivity contribution in [3.8, 4) is 11.1 Å². The molecular weight excluding hydrogens is 610 g/mol. The van der Waals surface area contributed by atoms with E-state index in [1.807, 2.05) is 18.2 Å². The summed E-state index contributed by atoms with van der Waals surface area (Å²) in [4.78, 5) is 36.5. The molecule has 10 nitrogen and oxygen atoms in total. The van der Waals surface area contributed by atoms with E-state index >= 15 is 0 Å². The van der Waals surface area contributed by atoms with Crippen LogP contribution in [-0.2, 0) is 9.53 Å². The zero-order valence-corrected chi connectivity index (χ0v) is 26.1. The maximum atomic E-state index is 12.5. The summed E-state index contributed by atoms with van der Waals surface area (Å²) in [6, 6.07) is 14.9. The number of hydrogen-bond acceptors (Lipinski definition) is 7. The third kappa shape index (κ3) is 8.32. The molecule has 43 heavy (non-hydrogen) atoms. The van der Waals surface area contributed by atoms with Crippen LogP contribution in [0.3, 0.4) is 0 Å². The molecule has 0 bridgehead atoms. The third-order valence-corrected chi connectivity index (χ3v) is 7.77. The lowest BCUT2D eigenvalue weighted by atomic mass is 10.1. The second kappa shape index (κ2) is 12.7. The van der Waals surface area contributed by atoms with Crippen molar-refractivity contribution in [2.24, 2.45) is 17.6 Å². The molecule has 11 heteroatoms. The summed E-state index contributed by atoms with van der Waals surface area (Å²) in [6.45, 7) is 5.34. The largest absolute Gasteiger partial charge is 0.444 e. The lowest BCUT2D eigenvalue weighted by molar-refractivity contribution is -0.118. The Labute approximate surface area is 259 Å². The minimum absolute atomic E-state index is 0.0479. The number of ether oxygens (including phenoxy) is 1. The molecule has 2 fully saturated rings. The number of hydrogen-bond donors (Lipinski definition) is 5. The molecule has 2 atom stereocenters. The fourth-order valence-corrected chi connectivity index (χ4v) is 5.09. The van der Waals surface area contributed by atoms with Crippen LogP contribution >= 0.6 is 15.9 Å². The predicted molar refractivity (Wildman–Crippen MR) is 172 cm³/mol. The summed E-state index contributed by atoms with van der Waals surface area (Å²) in [5.74, 6) is 1.37. The number of fused-ring (bicyclic) bond motifs is 1. The molecule has 4 aromatic rings. The van der Waals surface area contributed by atoms with Crippen molar-refractivity contribution in [2.75, 3.05) is 11.1 Å². The molecule has 6 rings (SSSR count). The number of aromatic amines is 1. The van der Waals surface area contributed by atoms with Crippen molar-refractivity contribution in [3.63, 3.8) is 0 Å². The van der Waals surface area contributed by atoms with E-state index in [2.05, 4.69) is 53.6 Å². The molecule has 0 radical (unpaired) electrons. The van der Waals surface area contributed by atoms with E-state index in [4.69, 9.17) is 16.2 Å². The lowest BCUT2D eigenvalue weighted by Gasteiger charge is -2.23. The minimum atomic E-state index is -0.618. The van der Waals surface area contributed by atoms with Crippen LogP contribution in [0.25, 0.3) is 22.2 Å². The van der Waals surface area contributed by atoms with Gasteiger partial charge < -0.3 is 31.8 Å². The van der Waals surface area contributed by atoms with E-state index < -0.39 is 17.7 Å². The monoisotopic (exact) mass is 647 g/mol. The van der Waals surface area contributed by atoms with Gasteiger partial charge in [-0.1, -0.05) is 22.0 Å². The average molecular weight is 649 g/mol. The van der Waals surface area contributed by atoms with E-state index in [0.29, 0.717) is 17.3 Å². The Kier molecular flexibility index (Phi) is 9.03. The van der Waals surface area contributed by atoms with E-state index in [9.17, 15) is 9.59 Å². The van der Waals surface area contributed by atoms with Crippen LogP contribution in [0.4, 0.5) is 16.2 Å². The van der Waals surface area contributed by atoms with Gasteiger partial charge in [-0.05, 0) is 112 Å². The van der Waals surface area contributed by atoms with Crippen molar-refractivity contribution in [2.45, 2.75) is 64.1 Å². The first-order valence-electron chi connectivity index (χ1n) is 14.5. The van der Waals surface area contributed by atoms with Gasteiger partial charge in [0.05, 0.1) is 28.5 Å². The summed E-state index contributed by atoms with van der Waals surface area (Å²) in [7, 11) is 0. The topological polar surface area (TPSA) is 161 Å². The summed E-state index contributed by atoms with van der Waals surface area (Å²) in [6.07, 6.45) is 7.28. The number of rotatable bonds is 7. The fourth-order valence-electron chi connectivity index (χ4n) is 4.71. The first-order chi connectivity index (χ1) is 20.5. The molecule has 2 aliphatic carbocycles. The predicted octanol–water partition coefficient (Wildman–Crippen LogP) is 6.31. The van der Waals surface area contributed by atoms with E-state index in [-0.39, 0.29) is 17.9 Å². The van der Waals surface area contributed by atoms with Gasteiger partial charge in [-0.3, -0.25) is 9.78 Å². The molecule has 2 amide bonds. The number of aromatic nitrogens is 3. The third-order valence-electron chi connectivity index (χ3n) is 7.28. The van der Waals surface area contributed by atoms with Gasteiger partial charge in [0, 0.05) is 16.9 Å². The van der Waals surface area contributed by atoms with Gasteiger partial charge in [0.2, 0.25) is 5.91 Å². The van der Waals surface area contributed by atoms with Gasteiger partial charge in [0.1, 0.15) is 17.5 Å². The molecule has 2 aromatic heterocycles. The normalized spacial score (nSPS) is 16.0. The molecule has 0 saturated heterocycles. The second-order valence-electron chi connectivity index (χ2n) is 12.1. The Morgan fingerprint density at radius 1 is 1.00 bits per heavy atom. The number of anilines is 2. The van der Waals surface area contributed by atoms with Crippen LogP contribution in [-0.4, -0.2) is 38.6 Å². The highest BCUT2D eigenvalue weighted by molar-refractivity contribution is 9.10. The molecule has 0 spiro atoms. The maximum absolute atomic E-state index is 12.5. The number of nitrogens with one attached hydrogen (secondary N) is 3. The first kappa shape index (κ1) is 30.5. The van der Waals surface area contributed by atoms with Crippen LogP contribution in [0.5, 0.6) is 0 Å². The molecule has 2 saturated carbocycles. The molecule has 7 N–H and O–H groups in total. The molecule has 226 valence electrons. The summed E-state index contributed by atoms with van der Waals surface area (Å²) < 4.78 is 6.06. The Bertz CT molecular complexity index is 1590. The second-order valence-corrected chi connectivity index (χ2v) is 13.1. The number of benzene rings is 2. The Hall–Kier alpha value is -3.96. The molecule has 2 aliphatic rings. The SMILES string of the molecule is CC(C)(C)OC(=O)N[C@@H](C(=O)Nc1ccc(Br)cc1N)C1CC1.N[C@@H](c1nc2ccc(-c3ccncc3)cc2[nH]1)C1CC1. The van der Waals surface area contributed by atoms with Crippen LogP contribution < -0.4 is 22.1 Å². The summed E-state index contributed by atoms with van der Waals surface area (Å²) in [5, 5.41) is 5.44. The van der Waals surface area contributed by atoms with Crippen LogP contribution in [0.1, 0.15) is 58.3 Å². The standard InChI is InChI=1S/C16H22BrN3O3.C16H16N4/c1-16(2,3)23-15(22)20-13(9-4-5-9)14(21)19-12-7-6-10(17)8-11(12)18;17-15(11-1-2-11)16-19-13-4-3-12(9-14(13)20-16)10-5-7-18-8-6-10/h6-9,13H,4-5,18H2,1-3H3,(H,19,21)(H,20,22);3-9,11,15H,1-2,17H2,(H,19,20)/t13-;15-/m11/s1. The molecule has 2 heterocycles. The van der Waals surface area contributed by atoms with Crippen molar-refractivity contribution in [3.05, 3.63) is 71.2 Å². The first-order valence-corrected chi connectivity index (χ1v) is 15.3. The van der Waals surface area contributed by atoms with E-state index in [1.54, 1.807) is 51.4 Å². The van der Waals surface area contributed by atoms with Gasteiger partial charge in [-0.2, -0.15) is 0 Å². The fraction of sp³-hybridized carbons (Fsp3) is 0.375. The highest BCUT2D eigenvalue weighted by Crippen LogP contribution is 2.39. The number of carbonyl (C=O) groups is 2. The van der Waals surface area contributed by atoms with Crippen molar-refractivity contribution in [1.29, 1.82) is 0 Å². The molecule has 0 unspecified atom stereocenters. The van der Waals surface area contributed by atoms with Crippen molar-refractivity contribution >= 4 is 50.3 Å². The number of H-pyrrole nitrogens is 1. The van der Waals surface area contributed by atoms with Gasteiger partial charge in [-0.15, -0.1) is 0 Å². The molecule has 2 aromatic carbocycles. The number of nitrogens with zero attached hydrogens (tertiary/aromatic N) is 2. The highest BCUT2D eigenvalue weighted by Gasteiger charge is 2.38. The van der Waals surface area contributed by atoms with Gasteiger partial charge in [-0.25, -0.2) is 9.78 Å². The smallest absolute Gasteiger partial charge is 0.408 e. The summed E-state index contributed by atoms with van der Waals surface area (Å²) in [5.41, 5.74) is 16.8. The lowest BCUT2D eigenvalue weighted by Crippen LogP contribution is -2.47. The number of imidazole rings is 1. The van der Waals surface area contributed by atoms with Gasteiger partial charge in [0.25, 0.3) is 0 Å². The average Bonchev–Trinajstić information content (AvgIpc) is 3.89. The zero-order chi connectivity index (χ0) is 30.7. The van der Waals surface area contributed by atoms with Crippen molar-refractivity contribution in [1.82, 2.24) is 20.3 Å². The number of nitrogens with two attached hydrogens (primary N) is 2. The van der Waals surface area contributed by atoms with Crippen LogP contribution in [0.15, 0.2) is 65.4 Å². The highest BCUT2D eigenvalue weighted by atomic mass is 79.9. The van der Waals surface area contributed by atoms with Gasteiger partial charge in [0.15, 0.2) is 0 Å². The molecular formula is C32H38BrN7O3.